The molecule has 0 saturated heterocycles. The molecule has 1 atom stereocenters. The molecular weight excluding hydrogens is 262 g/mol. The molecule has 21 heavy (non-hydrogen) atoms. The minimum Gasteiger partial charge on any atom is -0.397 e. The summed E-state index contributed by atoms with van der Waals surface area (Å²) in [6, 6.07) is 7.80. The third-order valence-electron chi connectivity index (χ3n) is 4.06. The maximum atomic E-state index is 11.9. The molecule has 0 spiro atoms. The lowest BCUT2D eigenvalue weighted by Crippen LogP contribution is -2.39. The molecule has 0 fully saturated rings. The van der Waals surface area contributed by atoms with Gasteiger partial charge in [-0.05, 0) is 44.5 Å². The van der Waals surface area contributed by atoms with Gasteiger partial charge in [0.25, 0.3) is 0 Å². The molecule has 0 heterocycles. The highest BCUT2D eigenvalue weighted by molar-refractivity contribution is 5.93. The fourth-order valence-electron chi connectivity index (χ4n) is 2.17. The summed E-state index contributed by atoms with van der Waals surface area (Å²) in [5.41, 5.74) is 7.35. The van der Waals surface area contributed by atoms with E-state index in [-0.39, 0.29) is 11.3 Å². The minimum absolute atomic E-state index is 0.0183. The highest BCUT2D eigenvalue weighted by atomic mass is 16.1. The maximum absolute atomic E-state index is 11.9. The van der Waals surface area contributed by atoms with Crippen LogP contribution in [0.15, 0.2) is 24.3 Å². The lowest BCUT2D eigenvalue weighted by Gasteiger charge is -2.35. The van der Waals surface area contributed by atoms with E-state index in [9.17, 15) is 4.79 Å². The Morgan fingerprint density at radius 2 is 1.95 bits per heavy atom. The first-order valence-electron chi connectivity index (χ1n) is 7.56. The third-order valence-corrected chi connectivity index (χ3v) is 4.06. The zero-order valence-corrected chi connectivity index (χ0v) is 13.9. The van der Waals surface area contributed by atoms with Crippen molar-refractivity contribution >= 4 is 17.3 Å². The molecule has 3 N–H and O–H groups in total. The highest BCUT2D eigenvalue weighted by Gasteiger charge is 2.23. The summed E-state index contributed by atoms with van der Waals surface area (Å²) in [6.07, 6.45) is 1.35. The molecule has 4 nitrogen and oxygen atoms in total. The summed E-state index contributed by atoms with van der Waals surface area (Å²) in [4.78, 5) is 14.2. The molecule has 1 aromatic carbocycles. The van der Waals surface area contributed by atoms with Crippen molar-refractivity contribution in [1.82, 2.24) is 4.90 Å². The normalized spacial score (nSPS) is 13.2. The van der Waals surface area contributed by atoms with Gasteiger partial charge < -0.3 is 16.0 Å². The van der Waals surface area contributed by atoms with E-state index in [0.717, 1.165) is 13.0 Å². The standard InChI is InChI=1S/C17H29N3O/c1-13(17(2,3)4)20(5)12-8-11-16(21)19-15-10-7-6-9-14(15)18/h6-7,9-10,13H,8,11-12,18H2,1-5H3,(H,19,21). The number of nitrogens with one attached hydrogen (secondary N) is 1. The van der Waals surface area contributed by atoms with Crippen molar-refractivity contribution < 1.29 is 4.79 Å². The van der Waals surface area contributed by atoms with Crippen LogP contribution in [0.5, 0.6) is 0 Å². The molecule has 0 aromatic heterocycles. The number of para-hydroxylation sites is 2. The topological polar surface area (TPSA) is 58.4 Å². The van der Waals surface area contributed by atoms with Crippen LogP contribution < -0.4 is 11.1 Å². The maximum Gasteiger partial charge on any atom is 0.224 e. The van der Waals surface area contributed by atoms with Crippen LogP contribution in [-0.4, -0.2) is 30.4 Å². The van der Waals surface area contributed by atoms with Crippen molar-refractivity contribution in [2.24, 2.45) is 5.41 Å². The number of hydrogen-bond acceptors (Lipinski definition) is 3. The molecule has 1 rings (SSSR count). The zero-order chi connectivity index (χ0) is 16.0. The second-order valence-corrected chi connectivity index (χ2v) is 6.76. The first kappa shape index (κ1) is 17.5. The van der Waals surface area contributed by atoms with Crippen LogP contribution in [0.1, 0.15) is 40.5 Å². The van der Waals surface area contributed by atoms with Crippen molar-refractivity contribution in [2.75, 3.05) is 24.6 Å². The average molecular weight is 291 g/mol. The molecule has 0 saturated carbocycles. The molecule has 0 aliphatic carbocycles. The predicted molar refractivity (Wildman–Crippen MR) is 90.3 cm³/mol. The van der Waals surface area contributed by atoms with Crippen LogP contribution >= 0.6 is 0 Å². The number of anilines is 2. The molecule has 4 heteroatoms. The van der Waals surface area contributed by atoms with Crippen molar-refractivity contribution in [2.45, 2.75) is 46.6 Å². The zero-order valence-electron chi connectivity index (χ0n) is 13.9. The minimum atomic E-state index is 0.0183. The van der Waals surface area contributed by atoms with Gasteiger partial charge in [-0.1, -0.05) is 32.9 Å². The molecule has 1 unspecified atom stereocenters. The fourth-order valence-corrected chi connectivity index (χ4v) is 2.17. The second-order valence-electron chi connectivity index (χ2n) is 6.76. The number of nitrogens with two attached hydrogens (primary N) is 1. The van der Waals surface area contributed by atoms with E-state index in [2.05, 4.69) is 45.0 Å². The van der Waals surface area contributed by atoms with Crippen LogP contribution in [-0.2, 0) is 4.79 Å². The number of amides is 1. The Morgan fingerprint density at radius 3 is 2.52 bits per heavy atom. The van der Waals surface area contributed by atoms with Crippen LogP contribution in [0.3, 0.4) is 0 Å². The van der Waals surface area contributed by atoms with Gasteiger partial charge in [0.1, 0.15) is 0 Å². The van der Waals surface area contributed by atoms with Gasteiger partial charge in [-0.15, -0.1) is 0 Å². The first-order chi connectivity index (χ1) is 9.71. The van der Waals surface area contributed by atoms with E-state index >= 15 is 0 Å². The van der Waals surface area contributed by atoms with E-state index in [4.69, 9.17) is 5.73 Å². The Bertz CT molecular complexity index is 465. The summed E-state index contributed by atoms with van der Waals surface area (Å²) in [5.74, 6) is 0.0183. The lowest BCUT2D eigenvalue weighted by atomic mass is 9.87. The van der Waals surface area contributed by atoms with Crippen LogP contribution in [0, 0.1) is 5.41 Å². The number of carbonyl (C=O) groups excluding carboxylic acids is 1. The Labute approximate surface area is 128 Å². The molecule has 0 aliphatic rings. The van der Waals surface area contributed by atoms with Gasteiger partial charge in [-0.25, -0.2) is 0 Å². The van der Waals surface area contributed by atoms with Gasteiger partial charge in [0.05, 0.1) is 11.4 Å². The van der Waals surface area contributed by atoms with Gasteiger partial charge in [-0.2, -0.15) is 0 Å². The van der Waals surface area contributed by atoms with Gasteiger partial charge >= 0.3 is 0 Å². The molecule has 1 aromatic rings. The van der Waals surface area contributed by atoms with E-state index in [0.29, 0.717) is 23.8 Å². The molecule has 0 radical (unpaired) electrons. The monoisotopic (exact) mass is 291 g/mol. The van der Waals surface area contributed by atoms with Gasteiger partial charge in [0.2, 0.25) is 5.91 Å². The van der Waals surface area contributed by atoms with Crippen LogP contribution in [0.25, 0.3) is 0 Å². The van der Waals surface area contributed by atoms with E-state index in [1.54, 1.807) is 6.07 Å². The summed E-state index contributed by atoms with van der Waals surface area (Å²) >= 11 is 0. The van der Waals surface area contributed by atoms with Crippen molar-refractivity contribution in [1.29, 1.82) is 0 Å². The average Bonchev–Trinajstić information content (AvgIpc) is 2.39. The van der Waals surface area contributed by atoms with Gasteiger partial charge in [-0.3, -0.25) is 4.79 Å². The molecule has 118 valence electrons. The number of benzene rings is 1. The predicted octanol–water partition coefficient (Wildman–Crippen LogP) is 3.35. The summed E-state index contributed by atoms with van der Waals surface area (Å²) in [7, 11) is 2.11. The Morgan fingerprint density at radius 1 is 1.33 bits per heavy atom. The van der Waals surface area contributed by atoms with Crippen molar-refractivity contribution in [3.05, 3.63) is 24.3 Å². The third kappa shape index (κ3) is 5.76. The summed E-state index contributed by atoms with van der Waals surface area (Å²) in [5, 5.41) is 2.86. The fraction of sp³-hybridized carbons (Fsp3) is 0.588. The number of hydrogen-bond donors (Lipinski definition) is 2. The first-order valence-corrected chi connectivity index (χ1v) is 7.56. The summed E-state index contributed by atoms with van der Waals surface area (Å²) < 4.78 is 0. The van der Waals surface area contributed by atoms with E-state index in [1.165, 1.54) is 0 Å². The molecule has 0 aliphatic heterocycles. The Hall–Kier alpha value is -1.55. The lowest BCUT2D eigenvalue weighted by molar-refractivity contribution is -0.116. The van der Waals surface area contributed by atoms with E-state index in [1.807, 2.05) is 18.2 Å². The van der Waals surface area contributed by atoms with E-state index < -0.39 is 0 Å². The van der Waals surface area contributed by atoms with Crippen LogP contribution in [0.2, 0.25) is 0 Å². The number of nitrogens with zero attached hydrogens (tertiary/aromatic N) is 1. The highest BCUT2D eigenvalue weighted by Crippen LogP contribution is 2.23. The van der Waals surface area contributed by atoms with Crippen molar-refractivity contribution in [3.8, 4) is 0 Å². The quantitative estimate of drug-likeness (QED) is 0.790. The number of carbonyl (C=O) groups is 1. The SMILES string of the molecule is CC(N(C)CCCC(=O)Nc1ccccc1N)C(C)(C)C. The number of nitrogen functional groups attached to an aromatic ring is 1. The molecule has 1 amide bonds. The second kappa shape index (κ2) is 7.46. The largest absolute Gasteiger partial charge is 0.397 e. The van der Waals surface area contributed by atoms with Gasteiger partial charge in [0.15, 0.2) is 0 Å². The molecular formula is C17H29N3O. The van der Waals surface area contributed by atoms with Gasteiger partial charge in [0, 0.05) is 12.5 Å². The van der Waals surface area contributed by atoms with Crippen LogP contribution in [0.4, 0.5) is 11.4 Å². The smallest absolute Gasteiger partial charge is 0.224 e. The number of rotatable bonds is 6. The molecule has 0 bridgehead atoms. The van der Waals surface area contributed by atoms with Crippen molar-refractivity contribution in [3.63, 3.8) is 0 Å². The summed E-state index contributed by atoms with van der Waals surface area (Å²) in [6.45, 7) is 9.85. The Balaban J connectivity index is 2.36. The Kier molecular flexibility index (Phi) is 6.21.